The Morgan fingerprint density at radius 2 is 0.935 bits per heavy atom. The summed E-state index contributed by atoms with van der Waals surface area (Å²) in [7, 11) is 0. The normalized spacial score (nSPS) is 21.5. The lowest BCUT2D eigenvalue weighted by atomic mass is 9.67. The molecule has 8 heteroatoms. The van der Waals surface area contributed by atoms with Crippen LogP contribution in [0, 0.1) is 24.7 Å². The lowest BCUT2D eigenvalue weighted by molar-refractivity contribution is 0.00748. The summed E-state index contributed by atoms with van der Waals surface area (Å²) in [5.74, 6) is 6.09. The number of hydrogen-bond donors (Lipinski definition) is 5. The number of aryl methyl sites for hydroxylation is 5. The van der Waals surface area contributed by atoms with Crippen molar-refractivity contribution in [2.75, 3.05) is 0 Å². The standard InChI is InChI=1S/2C21H30O2.C21H26O2.C21H30O2/c3*1-5-6-7-8-15-12-18(22)20-16-11-14(2)9-10-17(16)21(3,4)23-19(20)13-15;1-5-6-7-8-16-12-19(22)21(20(23)13-16)18-11-15(4)9-10-17(18)14(2)3/h11-13,16-17,22H,5-10H2,1-4H3;9,12-13,16-17,22H,5-8,10-11H2,1-4H3;9-13,22H,5-8H2,1-4H3;11-13,17-18,22-23H,2,5-10H2,1,3-4H3/t2*16?,17-;;17-,18?/m11.0/s1. The number of allylic oxidation sites excluding steroid dienone is 7. The van der Waals surface area contributed by atoms with Crippen LogP contribution in [0.5, 0.6) is 46.0 Å². The molecule has 6 atom stereocenters. The van der Waals surface area contributed by atoms with Crippen LogP contribution in [0.4, 0.5) is 0 Å². The third kappa shape index (κ3) is 17.0. The molecule has 0 saturated carbocycles. The molecule has 0 radical (unpaired) electrons. The van der Waals surface area contributed by atoms with Gasteiger partial charge in [0.15, 0.2) is 0 Å². The van der Waals surface area contributed by atoms with E-state index in [-0.39, 0.29) is 46.1 Å². The Hall–Kier alpha value is -6.54. The molecule has 6 aliphatic rings. The third-order valence-corrected chi connectivity index (χ3v) is 20.9. The highest BCUT2D eigenvalue weighted by Gasteiger charge is 2.47. The van der Waals surface area contributed by atoms with Gasteiger partial charge in [-0.1, -0.05) is 150 Å². The fraction of sp³-hybridized carbons (Fsp3) is 0.548. The van der Waals surface area contributed by atoms with Crippen LogP contribution in [-0.2, 0) is 31.3 Å². The van der Waals surface area contributed by atoms with Gasteiger partial charge in [0.1, 0.15) is 62.8 Å². The molecule has 0 aromatic heterocycles. The lowest BCUT2D eigenvalue weighted by Crippen LogP contribution is -2.45. The number of phenolic OH excluding ortho intramolecular Hbond substituents is 5. The molecule has 0 bridgehead atoms. The molecule has 92 heavy (non-hydrogen) atoms. The van der Waals surface area contributed by atoms with Crippen LogP contribution in [0.15, 0.2) is 114 Å². The molecule has 3 aliphatic carbocycles. The molecule has 0 fully saturated rings. The maximum atomic E-state index is 10.7. The van der Waals surface area contributed by atoms with E-state index in [1.165, 1.54) is 97.6 Å². The number of hydrogen-bond acceptors (Lipinski definition) is 8. The van der Waals surface area contributed by atoms with Crippen LogP contribution in [0.1, 0.15) is 280 Å². The minimum Gasteiger partial charge on any atom is -0.508 e. The summed E-state index contributed by atoms with van der Waals surface area (Å²) in [5.41, 5.74) is 16.1. The van der Waals surface area contributed by atoms with E-state index in [9.17, 15) is 25.5 Å². The molecule has 3 aliphatic heterocycles. The molecule has 0 spiro atoms. The minimum absolute atomic E-state index is 0.0194. The van der Waals surface area contributed by atoms with E-state index >= 15 is 0 Å². The molecule has 0 amide bonds. The van der Waals surface area contributed by atoms with Crippen LogP contribution in [0.3, 0.4) is 0 Å². The summed E-state index contributed by atoms with van der Waals surface area (Å²) >= 11 is 0. The molecular weight excluding hydrogens is 1140 g/mol. The van der Waals surface area contributed by atoms with Gasteiger partial charge < -0.3 is 39.7 Å². The highest BCUT2D eigenvalue weighted by atomic mass is 16.5. The first-order chi connectivity index (χ1) is 43.7. The molecule has 5 aromatic rings. The second-order valence-corrected chi connectivity index (χ2v) is 29.9. The topological polar surface area (TPSA) is 129 Å². The fourth-order valence-electron chi connectivity index (χ4n) is 15.7. The second kappa shape index (κ2) is 31.1. The van der Waals surface area contributed by atoms with E-state index in [0.717, 1.165) is 139 Å². The van der Waals surface area contributed by atoms with E-state index in [4.69, 9.17) is 14.2 Å². The van der Waals surface area contributed by atoms with Gasteiger partial charge in [0.25, 0.3) is 0 Å². The Morgan fingerprint density at radius 3 is 1.46 bits per heavy atom. The van der Waals surface area contributed by atoms with E-state index in [0.29, 0.717) is 40.6 Å². The molecule has 500 valence electrons. The van der Waals surface area contributed by atoms with E-state index < -0.39 is 0 Å². The monoisotopic (exact) mass is 1250 g/mol. The van der Waals surface area contributed by atoms with Gasteiger partial charge in [-0.2, -0.15) is 0 Å². The van der Waals surface area contributed by atoms with Crippen LogP contribution < -0.4 is 14.2 Å². The highest BCUT2D eigenvalue weighted by Crippen LogP contribution is 2.56. The summed E-state index contributed by atoms with van der Waals surface area (Å²) < 4.78 is 19.0. The van der Waals surface area contributed by atoms with Gasteiger partial charge in [0.2, 0.25) is 0 Å². The van der Waals surface area contributed by atoms with E-state index in [1.807, 2.05) is 37.3 Å². The SMILES string of the molecule is C=C(C)[C@@H]1CCC(C)=CC1c1c(O)cc(CCCCC)cc1O.CCCCCc1cc(O)c2c(c1)OC(C)(C)[C@@H]1CC=C(C)CC21.CCCCCc1cc(O)c2c(c1)OC(C)(C)[C@@H]1CCC(C)=CC21.CCCCCc1cc(O)c2c(c1)OC(C)(C)c1ccc(C)cc1-2. The van der Waals surface area contributed by atoms with Gasteiger partial charge in [-0.3, -0.25) is 0 Å². The fourth-order valence-corrected chi connectivity index (χ4v) is 15.7. The van der Waals surface area contributed by atoms with Crippen LogP contribution in [-0.4, -0.2) is 36.7 Å². The highest BCUT2D eigenvalue weighted by molar-refractivity contribution is 5.82. The maximum absolute atomic E-state index is 10.7. The first-order valence-electron chi connectivity index (χ1n) is 35.7. The molecular formula is C84H116O8. The Balaban J connectivity index is 0.000000158. The predicted molar refractivity (Wildman–Crippen MR) is 383 cm³/mol. The number of unbranched alkanes of at least 4 members (excludes halogenated alkanes) is 8. The van der Waals surface area contributed by atoms with E-state index in [1.54, 1.807) is 0 Å². The van der Waals surface area contributed by atoms with Crippen LogP contribution in [0.2, 0.25) is 0 Å². The third-order valence-electron chi connectivity index (χ3n) is 20.9. The maximum Gasteiger partial charge on any atom is 0.132 e. The smallest absolute Gasteiger partial charge is 0.132 e. The summed E-state index contributed by atoms with van der Waals surface area (Å²) in [6.07, 6.45) is 31.5. The molecule has 3 heterocycles. The quantitative estimate of drug-likeness (QED) is 0.0433. The molecule has 11 rings (SSSR count). The number of ether oxygens (including phenoxy) is 3. The molecule has 5 aromatic carbocycles. The summed E-state index contributed by atoms with van der Waals surface area (Å²) in [6, 6.07) is 22.3. The predicted octanol–water partition coefficient (Wildman–Crippen LogP) is 23.0. The van der Waals surface area contributed by atoms with Gasteiger partial charge in [0.05, 0.1) is 5.56 Å². The van der Waals surface area contributed by atoms with Gasteiger partial charge in [0, 0.05) is 51.8 Å². The number of aromatic hydroxyl groups is 5. The zero-order valence-corrected chi connectivity index (χ0v) is 59.3. The van der Waals surface area contributed by atoms with Crippen molar-refractivity contribution in [1.82, 2.24) is 0 Å². The van der Waals surface area contributed by atoms with Crippen molar-refractivity contribution >= 4 is 0 Å². The first-order valence-corrected chi connectivity index (χ1v) is 35.7. The van der Waals surface area contributed by atoms with Gasteiger partial charge in [-0.05, 0) is 248 Å². The Labute approximate surface area is 555 Å². The summed E-state index contributed by atoms with van der Waals surface area (Å²) in [4.78, 5) is 0. The van der Waals surface area contributed by atoms with Gasteiger partial charge in [-0.25, -0.2) is 0 Å². The Morgan fingerprint density at radius 1 is 0.489 bits per heavy atom. The van der Waals surface area contributed by atoms with Crippen molar-refractivity contribution in [2.24, 2.45) is 17.8 Å². The van der Waals surface area contributed by atoms with Gasteiger partial charge in [-0.15, -0.1) is 0 Å². The largest absolute Gasteiger partial charge is 0.508 e. The number of fused-ring (bicyclic) bond motifs is 9. The van der Waals surface area contributed by atoms with Crippen molar-refractivity contribution in [3.63, 3.8) is 0 Å². The Bertz CT molecular complexity index is 3430. The van der Waals surface area contributed by atoms with E-state index in [2.05, 4.69) is 158 Å². The molecule has 0 saturated heterocycles. The van der Waals surface area contributed by atoms with Crippen molar-refractivity contribution in [3.05, 3.63) is 164 Å². The lowest BCUT2D eigenvalue weighted by Gasteiger charge is -2.47. The van der Waals surface area contributed by atoms with Crippen molar-refractivity contribution in [1.29, 1.82) is 0 Å². The molecule has 8 nitrogen and oxygen atoms in total. The number of benzene rings is 5. The van der Waals surface area contributed by atoms with Crippen molar-refractivity contribution in [2.45, 2.75) is 280 Å². The molecule has 5 N–H and O–H groups in total. The summed E-state index contributed by atoms with van der Waals surface area (Å²) in [6.45, 7) is 36.5. The first kappa shape index (κ1) is 71.3. The average Bonchev–Trinajstić information content (AvgIpc) is 0.764. The minimum atomic E-state index is -0.384. The zero-order chi connectivity index (χ0) is 66.8. The van der Waals surface area contributed by atoms with Crippen LogP contribution >= 0.6 is 0 Å². The van der Waals surface area contributed by atoms with Crippen LogP contribution in [0.25, 0.3) is 11.1 Å². The summed E-state index contributed by atoms with van der Waals surface area (Å²) in [5, 5.41) is 53.1. The average molecular weight is 1250 g/mol. The molecule has 3 unspecified atom stereocenters. The van der Waals surface area contributed by atoms with Gasteiger partial charge >= 0.3 is 0 Å². The number of rotatable bonds is 18. The van der Waals surface area contributed by atoms with Crippen molar-refractivity contribution < 1.29 is 39.7 Å². The van der Waals surface area contributed by atoms with Crippen molar-refractivity contribution in [3.8, 4) is 57.1 Å². The Kier molecular flexibility index (Phi) is 24.1. The second-order valence-electron chi connectivity index (χ2n) is 29.9. The number of phenols is 5. The zero-order valence-electron chi connectivity index (χ0n) is 59.3.